The number of hydrogen-bond donors (Lipinski definition) is 1. The zero-order valence-corrected chi connectivity index (χ0v) is 7.12. The van der Waals surface area contributed by atoms with Gasteiger partial charge in [0.25, 0.3) is 0 Å². The van der Waals surface area contributed by atoms with E-state index in [0.29, 0.717) is 13.4 Å². The topological polar surface area (TPSA) is 44.5 Å². The summed E-state index contributed by atoms with van der Waals surface area (Å²) in [6, 6.07) is 7.62. The van der Waals surface area contributed by atoms with Gasteiger partial charge in [-0.2, -0.15) is 0 Å². The maximum Gasteiger partial charge on any atom is 0.146 e. The van der Waals surface area contributed by atoms with Crippen molar-refractivity contribution in [1.82, 2.24) is 0 Å². The number of nitrogens with two attached hydrogens (primary N) is 1. The maximum absolute atomic E-state index is 5.68. The smallest absolute Gasteiger partial charge is 0.146 e. The van der Waals surface area contributed by atoms with Gasteiger partial charge in [-0.25, -0.2) is 0 Å². The number of ether oxygens (including phenoxy) is 2. The highest BCUT2D eigenvalue weighted by atomic mass is 16.7. The fraction of sp³-hybridized carbons (Fsp3) is 0.333. The van der Waals surface area contributed by atoms with Crippen molar-refractivity contribution < 1.29 is 9.47 Å². The first kappa shape index (κ1) is 9.03. The maximum atomic E-state index is 5.68. The highest BCUT2D eigenvalue weighted by Gasteiger charge is 1.95. The summed E-state index contributed by atoms with van der Waals surface area (Å²) in [7, 11) is 1.59. The van der Waals surface area contributed by atoms with Crippen LogP contribution in [0.5, 0.6) is 0 Å². The predicted molar refractivity (Wildman–Crippen MR) is 47.5 cm³/mol. The van der Waals surface area contributed by atoms with Crippen LogP contribution in [0.3, 0.4) is 0 Å². The summed E-state index contributed by atoms with van der Waals surface area (Å²) >= 11 is 0. The molecule has 0 aliphatic carbocycles. The lowest BCUT2D eigenvalue weighted by Gasteiger charge is -2.05. The van der Waals surface area contributed by atoms with E-state index in [1.54, 1.807) is 7.11 Å². The van der Waals surface area contributed by atoms with Crippen LogP contribution in [0, 0.1) is 0 Å². The van der Waals surface area contributed by atoms with Crippen LogP contribution in [0.2, 0.25) is 0 Å². The van der Waals surface area contributed by atoms with Crippen molar-refractivity contribution in [3.63, 3.8) is 0 Å². The standard InChI is InChI=1S/C9H13NO2/c1-11-7-12-6-8-4-2-3-5-9(8)10/h2-5H,6-7,10H2,1H3. The molecule has 0 atom stereocenters. The molecule has 3 nitrogen and oxygen atoms in total. The molecule has 0 saturated carbocycles. The van der Waals surface area contributed by atoms with Gasteiger partial charge in [-0.05, 0) is 6.07 Å². The average molecular weight is 167 g/mol. The van der Waals surface area contributed by atoms with Crippen molar-refractivity contribution in [1.29, 1.82) is 0 Å². The van der Waals surface area contributed by atoms with E-state index in [0.717, 1.165) is 11.3 Å². The number of benzene rings is 1. The molecule has 0 saturated heterocycles. The Hall–Kier alpha value is -1.06. The second-order valence-electron chi connectivity index (χ2n) is 2.45. The van der Waals surface area contributed by atoms with E-state index in [4.69, 9.17) is 15.2 Å². The number of rotatable bonds is 4. The Morgan fingerprint density at radius 1 is 1.33 bits per heavy atom. The molecule has 0 unspecified atom stereocenters. The Balaban J connectivity index is 2.46. The number of anilines is 1. The van der Waals surface area contributed by atoms with Gasteiger partial charge in [-0.15, -0.1) is 0 Å². The van der Waals surface area contributed by atoms with Crippen molar-refractivity contribution in [2.24, 2.45) is 0 Å². The van der Waals surface area contributed by atoms with Crippen LogP contribution in [-0.2, 0) is 16.1 Å². The Labute approximate surface area is 72.1 Å². The summed E-state index contributed by atoms with van der Waals surface area (Å²) in [4.78, 5) is 0. The van der Waals surface area contributed by atoms with E-state index in [-0.39, 0.29) is 0 Å². The van der Waals surface area contributed by atoms with E-state index in [9.17, 15) is 0 Å². The van der Waals surface area contributed by atoms with Crippen molar-refractivity contribution in [3.05, 3.63) is 29.8 Å². The molecule has 0 heterocycles. The molecule has 0 radical (unpaired) electrons. The van der Waals surface area contributed by atoms with E-state index in [1.807, 2.05) is 24.3 Å². The molecule has 1 aromatic rings. The van der Waals surface area contributed by atoms with Gasteiger partial charge >= 0.3 is 0 Å². The molecule has 0 aliphatic heterocycles. The minimum atomic E-state index is 0.300. The minimum absolute atomic E-state index is 0.300. The second-order valence-corrected chi connectivity index (χ2v) is 2.45. The van der Waals surface area contributed by atoms with Crippen LogP contribution >= 0.6 is 0 Å². The molecule has 0 aromatic heterocycles. The lowest BCUT2D eigenvalue weighted by Crippen LogP contribution is -1.99. The van der Waals surface area contributed by atoms with Crippen LogP contribution in [0.4, 0.5) is 5.69 Å². The van der Waals surface area contributed by atoms with E-state index < -0.39 is 0 Å². The summed E-state index contributed by atoms with van der Waals surface area (Å²) < 4.78 is 9.89. The Morgan fingerprint density at radius 3 is 2.75 bits per heavy atom. The third-order valence-electron chi connectivity index (χ3n) is 1.51. The molecule has 12 heavy (non-hydrogen) atoms. The van der Waals surface area contributed by atoms with Crippen LogP contribution in [-0.4, -0.2) is 13.9 Å². The van der Waals surface area contributed by atoms with Crippen LogP contribution < -0.4 is 5.73 Å². The Kier molecular flexibility index (Phi) is 3.57. The first-order chi connectivity index (χ1) is 5.84. The summed E-state index contributed by atoms with van der Waals surface area (Å²) in [5, 5.41) is 0. The molecule has 0 fully saturated rings. The van der Waals surface area contributed by atoms with Crippen molar-refractivity contribution in [3.8, 4) is 0 Å². The molecular weight excluding hydrogens is 154 g/mol. The lowest BCUT2D eigenvalue weighted by molar-refractivity contribution is -0.0388. The zero-order chi connectivity index (χ0) is 8.81. The zero-order valence-electron chi connectivity index (χ0n) is 7.12. The van der Waals surface area contributed by atoms with Gasteiger partial charge < -0.3 is 15.2 Å². The molecule has 0 bridgehead atoms. The van der Waals surface area contributed by atoms with Gasteiger partial charge in [0, 0.05) is 18.4 Å². The van der Waals surface area contributed by atoms with Crippen LogP contribution in [0.15, 0.2) is 24.3 Å². The largest absolute Gasteiger partial charge is 0.398 e. The fourth-order valence-electron chi connectivity index (χ4n) is 0.901. The average Bonchev–Trinajstić information content (AvgIpc) is 2.09. The van der Waals surface area contributed by atoms with Crippen molar-refractivity contribution in [2.45, 2.75) is 6.61 Å². The molecule has 66 valence electrons. The fourth-order valence-corrected chi connectivity index (χ4v) is 0.901. The first-order valence-electron chi connectivity index (χ1n) is 3.74. The number of nitrogen functional groups attached to an aromatic ring is 1. The summed E-state index contributed by atoms with van der Waals surface area (Å²) in [5.74, 6) is 0. The van der Waals surface area contributed by atoms with Gasteiger partial charge in [-0.1, -0.05) is 18.2 Å². The molecule has 3 heteroatoms. The van der Waals surface area contributed by atoms with Gasteiger partial charge in [0.1, 0.15) is 6.79 Å². The molecule has 0 spiro atoms. The summed E-state index contributed by atoms with van der Waals surface area (Å²) in [5.41, 5.74) is 7.43. The Morgan fingerprint density at radius 2 is 2.08 bits per heavy atom. The van der Waals surface area contributed by atoms with Crippen LogP contribution in [0.1, 0.15) is 5.56 Å². The predicted octanol–water partition coefficient (Wildman–Crippen LogP) is 1.39. The molecule has 0 amide bonds. The Bertz CT molecular complexity index is 238. The highest BCUT2D eigenvalue weighted by Crippen LogP contribution is 2.10. The molecule has 1 aromatic carbocycles. The number of hydrogen-bond acceptors (Lipinski definition) is 3. The van der Waals surface area contributed by atoms with Crippen LogP contribution in [0.25, 0.3) is 0 Å². The molecule has 1 rings (SSSR count). The quantitative estimate of drug-likeness (QED) is 0.418. The van der Waals surface area contributed by atoms with Gasteiger partial charge in [0.05, 0.1) is 6.61 Å². The molecule has 2 N–H and O–H groups in total. The van der Waals surface area contributed by atoms with Gasteiger partial charge in [0.15, 0.2) is 0 Å². The van der Waals surface area contributed by atoms with Crippen molar-refractivity contribution in [2.75, 3.05) is 19.6 Å². The SMILES string of the molecule is COCOCc1ccccc1N. The lowest BCUT2D eigenvalue weighted by atomic mass is 10.2. The minimum Gasteiger partial charge on any atom is -0.398 e. The van der Waals surface area contributed by atoms with Crippen molar-refractivity contribution >= 4 is 5.69 Å². The van der Waals surface area contributed by atoms with Gasteiger partial charge in [-0.3, -0.25) is 0 Å². The number of para-hydroxylation sites is 1. The van der Waals surface area contributed by atoms with E-state index in [2.05, 4.69) is 0 Å². The normalized spacial score (nSPS) is 10.1. The summed E-state index contributed by atoms with van der Waals surface area (Å²) in [6.07, 6.45) is 0. The monoisotopic (exact) mass is 167 g/mol. The third-order valence-corrected chi connectivity index (χ3v) is 1.51. The summed E-state index contributed by atoms with van der Waals surface area (Å²) in [6.45, 7) is 0.800. The third kappa shape index (κ3) is 2.53. The van der Waals surface area contributed by atoms with E-state index >= 15 is 0 Å². The number of methoxy groups -OCH3 is 1. The van der Waals surface area contributed by atoms with E-state index in [1.165, 1.54) is 0 Å². The first-order valence-corrected chi connectivity index (χ1v) is 3.74. The highest BCUT2D eigenvalue weighted by molar-refractivity contribution is 5.45. The second kappa shape index (κ2) is 4.74. The molecular formula is C9H13NO2. The van der Waals surface area contributed by atoms with Gasteiger partial charge in [0.2, 0.25) is 0 Å². The molecule has 0 aliphatic rings.